The van der Waals surface area contributed by atoms with E-state index < -0.39 is 12.4 Å². The van der Waals surface area contributed by atoms with Crippen molar-refractivity contribution in [1.82, 2.24) is 9.88 Å². The van der Waals surface area contributed by atoms with Crippen molar-refractivity contribution in [2.75, 3.05) is 36.7 Å². The summed E-state index contributed by atoms with van der Waals surface area (Å²) in [6.07, 6.45) is 1.03. The maximum atomic E-state index is 15.0. The predicted molar refractivity (Wildman–Crippen MR) is 122 cm³/mol. The van der Waals surface area contributed by atoms with Crippen LogP contribution in [0.25, 0.3) is 0 Å². The monoisotopic (exact) mass is 461 g/mol. The largest absolute Gasteiger partial charge is 0.388 e. The molecule has 0 unspecified atom stereocenters. The number of aliphatic hydroxyl groups is 1. The van der Waals surface area contributed by atoms with Crippen LogP contribution in [0.2, 0.25) is 5.15 Å². The van der Waals surface area contributed by atoms with E-state index in [-0.39, 0.29) is 28.1 Å². The minimum atomic E-state index is -0.651. The number of amidine groups is 1. The molecule has 3 rings (SSSR count). The highest BCUT2D eigenvalue weighted by atomic mass is 35.5. The predicted octanol–water partition coefficient (Wildman–Crippen LogP) is 2.91. The summed E-state index contributed by atoms with van der Waals surface area (Å²) >= 11 is 6.32. The van der Waals surface area contributed by atoms with E-state index in [0.29, 0.717) is 37.2 Å². The molecule has 170 valence electrons. The molecule has 8 nitrogen and oxygen atoms in total. The van der Waals surface area contributed by atoms with Crippen molar-refractivity contribution in [2.24, 2.45) is 5.10 Å². The van der Waals surface area contributed by atoms with Crippen LogP contribution in [0, 0.1) is 19.7 Å². The van der Waals surface area contributed by atoms with Crippen LogP contribution in [0.1, 0.15) is 34.1 Å². The maximum Gasteiger partial charge on any atom is 0.258 e. The molecule has 0 saturated heterocycles. The lowest BCUT2D eigenvalue weighted by atomic mass is 9.97. The Kier molecular flexibility index (Phi) is 7.10. The number of fused-ring (bicyclic) bond motifs is 1. The first kappa shape index (κ1) is 23.6. The number of carbonyl (C=O) groups is 2. The van der Waals surface area contributed by atoms with Crippen LogP contribution in [0.15, 0.2) is 23.3 Å². The first-order valence-electron chi connectivity index (χ1n) is 10.1. The number of aliphatic hydroxyl groups excluding tert-OH is 1. The fraction of sp³-hybridized carbons (Fsp3) is 0.364. The fourth-order valence-electron chi connectivity index (χ4n) is 3.79. The van der Waals surface area contributed by atoms with Gasteiger partial charge in [0.2, 0.25) is 6.41 Å². The van der Waals surface area contributed by atoms with E-state index in [2.05, 4.69) is 10.1 Å². The fourth-order valence-corrected chi connectivity index (χ4v) is 4.17. The maximum absolute atomic E-state index is 15.0. The van der Waals surface area contributed by atoms with E-state index in [4.69, 9.17) is 11.6 Å². The molecule has 2 aromatic rings. The molecule has 0 radical (unpaired) electrons. The van der Waals surface area contributed by atoms with Gasteiger partial charge in [0.25, 0.3) is 5.91 Å². The number of aryl methyl sites for hydroxylation is 2. The molecular weight excluding hydrogens is 437 g/mol. The third-order valence-corrected chi connectivity index (χ3v) is 5.61. The zero-order valence-electron chi connectivity index (χ0n) is 18.4. The summed E-state index contributed by atoms with van der Waals surface area (Å²) in [6.45, 7) is 5.60. The first-order chi connectivity index (χ1) is 15.2. The zero-order valence-corrected chi connectivity index (χ0v) is 19.1. The van der Waals surface area contributed by atoms with E-state index in [1.807, 2.05) is 19.9 Å². The molecule has 1 aromatic carbocycles. The molecule has 0 atom stereocenters. The Morgan fingerprint density at radius 1 is 1.38 bits per heavy atom. The SMILES string of the molecule is CCN(C=O)/C(CO)=N\N(C)c1cc2c(cc1F)C(=O)N(c1c(C)cc(C)nc1Cl)CC2. The molecule has 0 spiro atoms. The number of aromatic nitrogens is 1. The van der Waals surface area contributed by atoms with Gasteiger partial charge in [0.15, 0.2) is 11.0 Å². The molecule has 0 bridgehead atoms. The molecule has 2 amide bonds. The van der Waals surface area contributed by atoms with Gasteiger partial charge in [-0.15, -0.1) is 0 Å². The number of likely N-dealkylation sites (N-methyl/N-ethyl adjacent to an activating group) is 1. The van der Waals surface area contributed by atoms with Gasteiger partial charge in [0, 0.05) is 31.4 Å². The highest BCUT2D eigenvalue weighted by Gasteiger charge is 2.30. The van der Waals surface area contributed by atoms with E-state index in [1.54, 1.807) is 13.0 Å². The van der Waals surface area contributed by atoms with Gasteiger partial charge >= 0.3 is 0 Å². The van der Waals surface area contributed by atoms with Crippen molar-refractivity contribution in [3.63, 3.8) is 0 Å². The Morgan fingerprint density at radius 3 is 2.69 bits per heavy atom. The number of anilines is 2. The first-order valence-corrected chi connectivity index (χ1v) is 10.5. The highest BCUT2D eigenvalue weighted by Crippen LogP contribution is 2.34. The number of hydrazone groups is 1. The lowest BCUT2D eigenvalue weighted by Gasteiger charge is -2.31. The van der Waals surface area contributed by atoms with Crippen molar-refractivity contribution < 1.29 is 19.1 Å². The second-order valence-corrected chi connectivity index (χ2v) is 7.83. The van der Waals surface area contributed by atoms with Crippen LogP contribution in [0.5, 0.6) is 0 Å². The van der Waals surface area contributed by atoms with Gasteiger partial charge in [0.05, 0.1) is 11.4 Å². The summed E-state index contributed by atoms with van der Waals surface area (Å²) in [5, 5.41) is 15.2. The van der Waals surface area contributed by atoms with Gasteiger partial charge in [-0.05, 0) is 56.5 Å². The van der Waals surface area contributed by atoms with Crippen molar-refractivity contribution in [3.05, 3.63) is 51.6 Å². The second-order valence-electron chi connectivity index (χ2n) is 7.48. The van der Waals surface area contributed by atoms with E-state index in [9.17, 15) is 19.1 Å². The summed E-state index contributed by atoms with van der Waals surface area (Å²) in [5.74, 6) is -0.921. The number of benzene rings is 1. The molecular formula is C22H25ClFN5O3. The molecule has 1 aromatic heterocycles. The normalized spacial score (nSPS) is 13.8. The molecule has 32 heavy (non-hydrogen) atoms. The molecule has 1 N–H and O–H groups in total. The van der Waals surface area contributed by atoms with Gasteiger partial charge < -0.3 is 10.0 Å². The molecule has 1 aliphatic heterocycles. The van der Waals surface area contributed by atoms with E-state index >= 15 is 0 Å². The standard InChI is InChI=1S/C22H25ClFN5O3/c1-5-28(12-31)19(11-30)26-27(4)18-9-15-6-7-29(22(32)16(15)10-17(18)24)20-13(2)8-14(3)25-21(20)23/h8-10,12,30H,5-7,11H2,1-4H3/b26-19-. The number of nitrogens with zero attached hydrogens (tertiary/aromatic N) is 5. The average molecular weight is 462 g/mol. The molecule has 0 aliphatic carbocycles. The summed E-state index contributed by atoms with van der Waals surface area (Å²) < 4.78 is 15.0. The second kappa shape index (κ2) is 9.62. The van der Waals surface area contributed by atoms with Gasteiger partial charge in [-0.3, -0.25) is 19.5 Å². The highest BCUT2D eigenvalue weighted by molar-refractivity contribution is 6.33. The molecule has 10 heteroatoms. The number of amides is 2. The third kappa shape index (κ3) is 4.44. The van der Waals surface area contributed by atoms with Crippen molar-refractivity contribution in [3.8, 4) is 0 Å². The Bertz CT molecular complexity index is 1070. The lowest BCUT2D eigenvalue weighted by Crippen LogP contribution is -2.38. The van der Waals surface area contributed by atoms with Crippen molar-refractivity contribution in [1.29, 1.82) is 0 Å². The summed E-state index contributed by atoms with van der Waals surface area (Å²) in [7, 11) is 1.51. The van der Waals surface area contributed by atoms with E-state index in [1.165, 1.54) is 27.9 Å². The minimum Gasteiger partial charge on any atom is -0.388 e. The van der Waals surface area contributed by atoms with Gasteiger partial charge in [-0.1, -0.05) is 11.6 Å². The van der Waals surface area contributed by atoms with Crippen LogP contribution < -0.4 is 9.91 Å². The Hall–Kier alpha value is -3.04. The number of hydrogen-bond donors (Lipinski definition) is 1. The van der Waals surface area contributed by atoms with Crippen molar-refractivity contribution in [2.45, 2.75) is 27.2 Å². The lowest BCUT2D eigenvalue weighted by molar-refractivity contribution is -0.114. The molecule has 2 heterocycles. The molecule has 0 saturated carbocycles. The van der Waals surface area contributed by atoms with Crippen LogP contribution in [-0.4, -0.2) is 59.9 Å². The van der Waals surface area contributed by atoms with Crippen LogP contribution in [0.4, 0.5) is 15.8 Å². The van der Waals surface area contributed by atoms with Gasteiger partial charge in [-0.25, -0.2) is 9.37 Å². The van der Waals surface area contributed by atoms with Crippen LogP contribution in [-0.2, 0) is 11.2 Å². The number of hydrogen-bond acceptors (Lipinski definition) is 6. The van der Waals surface area contributed by atoms with E-state index in [0.717, 1.165) is 11.3 Å². The molecule has 1 aliphatic rings. The smallest absolute Gasteiger partial charge is 0.258 e. The Morgan fingerprint density at radius 2 is 2.09 bits per heavy atom. The number of carbonyl (C=O) groups excluding carboxylic acids is 2. The van der Waals surface area contributed by atoms with Crippen molar-refractivity contribution >= 4 is 41.1 Å². The topological polar surface area (TPSA) is 89.3 Å². The Balaban J connectivity index is 1.97. The van der Waals surface area contributed by atoms with Crippen LogP contribution >= 0.6 is 11.6 Å². The quantitative estimate of drug-likeness (QED) is 0.235. The summed E-state index contributed by atoms with van der Waals surface area (Å²) in [6, 6.07) is 4.60. The number of pyridine rings is 1. The van der Waals surface area contributed by atoms with Gasteiger partial charge in [0.1, 0.15) is 12.4 Å². The Labute approximate surface area is 190 Å². The summed E-state index contributed by atoms with van der Waals surface area (Å²) in [5.41, 5.74) is 3.14. The number of rotatable bonds is 6. The average Bonchev–Trinajstić information content (AvgIpc) is 2.74. The third-order valence-electron chi connectivity index (χ3n) is 5.35. The minimum absolute atomic E-state index is 0.0846. The van der Waals surface area contributed by atoms with Crippen LogP contribution in [0.3, 0.4) is 0 Å². The summed E-state index contributed by atoms with van der Waals surface area (Å²) in [4.78, 5) is 31.3. The van der Waals surface area contributed by atoms with Gasteiger partial charge in [-0.2, -0.15) is 5.10 Å². The molecule has 0 fully saturated rings. The number of halogens is 2. The zero-order chi connectivity index (χ0) is 23.6.